The molecule has 0 radical (unpaired) electrons. The molecule has 0 unspecified atom stereocenters. The maximum Gasteiger partial charge on any atom is 0.230 e. The molecule has 0 atom stereocenters. The Morgan fingerprint density at radius 3 is 2.60 bits per heavy atom. The largest absolute Gasteiger partial charge is 0.396 e. The van der Waals surface area contributed by atoms with Crippen molar-refractivity contribution in [3.63, 3.8) is 0 Å². The summed E-state index contributed by atoms with van der Waals surface area (Å²) in [7, 11) is 0. The fourth-order valence-corrected chi connectivity index (χ4v) is 1.65. The summed E-state index contributed by atoms with van der Waals surface area (Å²) in [6.07, 6.45) is 3.56. The maximum absolute atomic E-state index is 11.8. The zero-order chi connectivity index (χ0) is 11.1. The second-order valence-electron chi connectivity index (χ2n) is 4.17. The van der Waals surface area contributed by atoms with Gasteiger partial charge >= 0.3 is 0 Å². The highest BCUT2D eigenvalue weighted by Crippen LogP contribution is 2.31. The van der Waals surface area contributed by atoms with Gasteiger partial charge in [0.05, 0.1) is 18.6 Å². The highest BCUT2D eigenvalue weighted by molar-refractivity contribution is 5.83. The van der Waals surface area contributed by atoms with E-state index in [0.29, 0.717) is 19.8 Å². The lowest BCUT2D eigenvalue weighted by molar-refractivity contribution is -0.162. The summed E-state index contributed by atoms with van der Waals surface area (Å²) in [5.74, 6) is 0.125. The van der Waals surface area contributed by atoms with Crippen molar-refractivity contribution in [1.82, 2.24) is 5.32 Å². The minimum absolute atomic E-state index is 0.125. The van der Waals surface area contributed by atoms with Gasteiger partial charge in [0.25, 0.3) is 0 Å². The summed E-state index contributed by atoms with van der Waals surface area (Å²) >= 11 is 0. The van der Waals surface area contributed by atoms with Gasteiger partial charge in [0.15, 0.2) is 0 Å². The van der Waals surface area contributed by atoms with Crippen molar-refractivity contribution >= 4 is 5.91 Å². The quantitative estimate of drug-likeness (QED) is 0.614. The number of carbonyl (C=O) groups excluding carboxylic acids is 1. The van der Waals surface area contributed by atoms with Crippen LogP contribution in [0, 0.1) is 5.41 Å². The lowest BCUT2D eigenvalue weighted by atomic mass is 9.82. The molecule has 1 heterocycles. The lowest BCUT2D eigenvalue weighted by Gasteiger charge is -2.39. The number of amides is 1. The predicted molar refractivity (Wildman–Crippen MR) is 57.5 cm³/mol. The van der Waals surface area contributed by atoms with E-state index in [1.807, 2.05) is 6.92 Å². The molecule has 0 bridgehead atoms. The van der Waals surface area contributed by atoms with Crippen molar-refractivity contribution in [2.24, 2.45) is 5.41 Å². The standard InChI is InChI=1S/C11H21NO3/c1-2-11(8-15-9-11)10(14)12-6-4-3-5-7-13/h13H,2-9H2,1H3,(H,12,14). The first-order valence-corrected chi connectivity index (χ1v) is 5.72. The molecule has 2 N–H and O–H groups in total. The van der Waals surface area contributed by atoms with Gasteiger partial charge in [-0.2, -0.15) is 0 Å². The number of hydrogen-bond acceptors (Lipinski definition) is 3. The molecule has 0 saturated carbocycles. The van der Waals surface area contributed by atoms with Gasteiger partial charge in [-0.3, -0.25) is 4.79 Å². The SMILES string of the molecule is CCC1(C(=O)NCCCCCO)COC1. The van der Waals surface area contributed by atoms with Crippen LogP contribution in [0.1, 0.15) is 32.6 Å². The molecule has 1 aliphatic heterocycles. The van der Waals surface area contributed by atoms with E-state index in [2.05, 4.69) is 5.32 Å². The van der Waals surface area contributed by atoms with Crippen LogP contribution in [0.2, 0.25) is 0 Å². The highest BCUT2D eigenvalue weighted by Gasteiger charge is 2.43. The maximum atomic E-state index is 11.8. The van der Waals surface area contributed by atoms with Crippen molar-refractivity contribution in [1.29, 1.82) is 0 Å². The van der Waals surface area contributed by atoms with Gasteiger partial charge < -0.3 is 15.2 Å². The van der Waals surface area contributed by atoms with Crippen LogP contribution in [0.5, 0.6) is 0 Å². The Morgan fingerprint density at radius 2 is 2.13 bits per heavy atom. The minimum Gasteiger partial charge on any atom is -0.396 e. The lowest BCUT2D eigenvalue weighted by Crippen LogP contribution is -2.53. The molecule has 1 aliphatic rings. The van der Waals surface area contributed by atoms with E-state index < -0.39 is 0 Å². The van der Waals surface area contributed by atoms with E-state index in [0.717, 1.165) is 25.7 Å². The second-order valence-corrected chi connectivity index (χ2v) is 4.17. The molecule has 0 aromatic carbocycles. The van der Waals surface area contributed by atoms with Gasteiger partial charge in [-0.15, -0.1) is 0 Å². The van der Waals surface area contributed by atoms with Crippen LogP contribution in [0.3, 0.4) is 0 Å². The van der Waals surface area contributed by atoms with E-state index in [1.165, 1.54) is 0 Å². The smallest absolute Gasteiger partial charge is 0.230 e. The average Bonchev–Trinajstić information content (AvgIpc) is 2.17. The zero-order valence-corrected chi connectivity index (χ0v) is 9.42. The first-order valence-electron chi connectivity index (χ1n) is 5.72. The molecule has 1 fully saturated rings. The number of hydrogen-bond donors (Lipinski definition) is 2. The number of aliphatic hydroxyl groups is 1. The molecule has 15 heavy (non-hydrogen) atoms. The average molecular weight is 215 g/mol. The van der Waals surface area contributed by atoms with Crippen LogP contribution in [0.15, 0.2) is 0 Å². The van der Waals surface area contributed by atoms with E-state index >= 15 is 0 Å². The summed E-state index contributed by atoms with van der Waals surface area (Å²) in [5.41, 5.74) is -0.253. The van der Waals surface area contributed by atoms with Gasteiger partial charge in [-0.1, -0.05) is 6.92 Å². The second kappa shape index (κ2) is 6.08. The monoisotopic (exact) mass is 215 g/mol. The third-order valence-corrected chi connectivity index (χ3v) is 3.04. The number of unbranched alkanes of at least 4 members (excludes halogenated alkanes) is 2. The van der Waals surface area contributed by atoms with Gasteiger partial charge in [0.2, 0.25) is 5.91 Å². The summed E-state index contributed by atoms with van der Waals surface area (Å²) in [6.45, 7) is 4.09. The van der Waals surface area contributed by atoms with Crippen LogP contribution in [-0.4, -0.2) is 37.4 Å². The Balaban J connectivity index is 2.12. The number of carbonyl (C=O) groups is 1. The molecular weight excluding hydrogens is 194 g/mol. The van der Waals surface area contributed by atoms with Crippen molar-refractivity contribution < 1.29 is 14.6 Å². The van der Waals surface area contributed by atoms with E-state index in [-0.39, 0.29) is 17.9 Å². The van der Waals surface area contributed by atoms with Crippen molar-refractivity contribution in [2.45, 2.75) is 32.6 Å². The van der Waals surface area contributed by atoms with Gasteiger partial charge in [-0.25, -0.2) is 0 Å². The normalized spacial score (nSPS) is 18.3. The van der Waals surface area contributed by atoms with E-state index in [4.69, 9.17) is 9.84 Å². The van der Waals surface area contributed by atoms with Crippen LogP contribution >= 0.6 is 0 Å². The third-order valence-electron chi connectivity index (χ3n) is 3.04. The van der Waals surface area contributed by atoms with Gasteiger partial charge in [-0.05, 0) is 25.7 Å². The van der Waals surface area contributed by atoms with Crippen LogP contribution in [-0.2, 0) is 9.53 Å². The van der Waals surface area contributed by atoms with Crippen LogP contribution < -0.4 is 5.32 Å². The van der Waals surface area contributed by atoms with Gasteiger partial charge in [0, 0.05) is 13.2 Å². The molecule has 0 aliphatic carbocycles. The zero-order valence-electron chi connectivity index (χ0n) is 9.42. The fourth-order valence-electron chi connectivity index (χ4n) is 1.65. The van der Waals surface area contributed by atoms with Crippen molar-refractivity contribution in [2.75, 3.05) is 26.4 Å². The third kappa shape index (κ3) is 3.18. The number of nitrogens with one attached hydrogen (secondary N) is 1. The summed E-state index contributed by atoms with van der Waals surface area (Å²) in [4.78, 5) is 11.8. The molecule has 1 rings (SSSR count). The molecule has 1 saturated heterocycles. The van der Waals surface area contributed by atoms with E-state index in [9.17, 15) is 4.79 Å². The Labute approximate surface area is 91.0 Å². The Kier molecular flexibility index (Phi) is 5.05. The Hall–Kier alpha value is -0.610. The highest BCUT2D eigenvalue weighted by atomic mass is 16.5. The molecular formula is C11H21NO3. The van der Waals surface area contributed by atoms with Crippen molar-refractivity contribution in [3.8, 4) is 0 Å². The predicted octanol–water partition coefficient (Wildman–Crippen LogP) is 0.692. The first kappa shape index (κ1) is 12.5. The topological polar surface area (TPSA) is 58.6 Å². The van der Waals surface area contributed by atoms with Gasteiger partial charge in [0.1, 0.15) is 0 Å². The minimum atomic E-state index is -0.253. The summed E-state index contributed by atoms with van der Waals surface area (Å²) in [5, 5.41) is 11.5. The first-order chi connectivity index (χ1) is 7.25. The summed E-state index contributed by atoms with van der Waals surface area (Å²) in [6, 6.07) is 0. The van der Waals surface area contributed by atoms with E-state index in [1.54, 1.807) is 0 Å². The summed E-state index contributed by atoms with van der Waals surface area (Å²) < 4.78 is 5.10. The fraction of sp³-hybridized carbons (Fsp3) is 0.909. The van der Waals surface area contributed by atoms with Crippen LogP contribution in [0.25, 0.3) is 0 Å². The Bertz CT molecular complexity index is 196. The molecule has 1 amide bonds. The molecule has 0 aromatic heterocycles. The number of ether oxygens (including phenoxy) is 1. The molecule has 4 nitrogen and oxygen atoms in total. The molecule has 0 spiro atoms. The van der Waals surface area contributed by atoms with Crippen molar-refractivity contribution in [3.05, 3.63) is 0 Å². The molecule has 0 aromatic rings. The number of aliphatic hydroxyl groups excluding tert-OH is 1. The molecule has 4 heteroatoms. The Morgan fingerprint density at radius 1 is 1.40 bits per heavy atom. The molecule has 88 valence electrons. The van der Waals surface area contributed by atoms with Crippen LogP contribution in [0.4, 0.5) is 0 Å². The number of rotatable bonds is 7.